The average molecular weight is 535 g/mol. The minimum Gasteiger partial charge on any atom is -0.0999 e. The Labute approximate surface area is 244 Å². The van der Waals surface area contributed by atoms with Crippen LogP contribution < -0.4 is 0 Å². The quantitative estimate of drug-likeness (QED) is 0.272. The van der Waals surface area contributed by atoms with Crippen molar-refractivity contribution in [1.29, 1.82) is 0 Å². The Morgan fingerprint density at radius 1 is 0.744 bits per heavy atom. The Morgan fingerprint density at radius 2 is 1.49 bits per heavy atom. The van der Waals surface area contributed by atoms with E-state index in [-0.39, 0.29) is 0 Å². The first kappa shape index (κ1) is 30.0. The van der Waals surface area contributed by atoms with Crippen LogP contribution in [0.1, 0.15) is 158 Å². The van der Waals surface area contributed by atoms with Gasteiger partial charge in [0, 0.05) is 0 Å². The summed E-state index contributed by atoms with van der Waals surface area (Å²) >= 11 is 0. The van der Waals surface area contributed by atoms with E-state index in [4.69, 9.17) is 0 Å². The fourth-order valence-corrected chi connectivity index (χ4v) is 13.4. The highest BCUT2D eigenvalue weighted by Crippen LogP contribution is 2.78. The Hall–Kier alpha value is -0.520. The molecule has 10 atom stereocenters. The third-order valence-electron chi connectivity index (χ3n) is 15.7. The zero-order valence-corrected chi connectivity index (χ0v) is 27.7. The molecule has 0 aromatic heterocycles. The SMILES string of the molecule is C=C(CC)CC1CCC2(C)C(CCC3(C)C2CCC2C4C(C)CCC4(CC(=C)CCCC)CCC23C)C1(C)C. The molecule has 0 saturated heterocycles. The minimum absolute atomic E-state index is 0.435. The standard InChI is InChI=1S/C39H66/c1-11-13-14-28(4)26-39-22-17-29(5)34(39)31-15-16-33-36(8)20-18-30(25-27(3)12-2)35(6,7)32(36)19-21-38(33,10)37(31,9)23-24-39/h29-34H,3-4,11-26H2,1-2,5-10H3. The Morgan fingerprint density at radius 3 is 2.18 bits per heavy atom. The molecule has 0 aromatic carbocycles. The molecule has 222 valence electrons. The van der Waals surface area contributed by atoms with Crippen LogP contribution in [0.2, 0.25) is 0 Å². The van der Waals surface area contributed by atoms with Crippen LogP contribution in [0.5, 0.6) is 0 Å². The van der Waals surface area contributed by atoms with Crippen LogP contribution in [0.25, 0.3) is 0 Å². The van der Waals surface area contributed by atoms with Crippen molar-refractivity contribution in [2.75, 3.05) is 0 Å². The summed E-state index contributed by atoms with van der Waals surface area (Å²) in [5.74, 6) is 5.38. The van der Waals surface area contributed by atoms with Crippen LogP contribution in [-0.4, -0.2) is 0 Å². The third kappa shape index (κ3) is 4.41. The lowest BCUT2D eigenvalue weighted by Gasteiger charge is -2.73. The molecule has 0 aliphatic heterocycles. The first-order valence-corrected chi connectivity index (χ1v) is 17.6. The summed E-state index contributed by atoms with van der Waals surface area (Å²) < 4.78 is 0. The maximum atomic E-state index is 4.66. The molecule has 0 spiro atoms. The van der Waals surface area contributed by atoms with Crippen molar-refractivity contribution in [3.8, 4) is 0 Å². The molecule has 5 fully saturated rings. The molecule has 10 unspecified atom stereocenters. The smallest absolute Gasteiger partial charge is 0.0226 e. The number of rotatable bonds is 8. The van der Waals surface area contributed by atoms with Crippen LogP contribution in [-0.2, 0) is 0 Å². The van der Waals surface area contributed by atoms with Crippen molar-refractivity contribution < 1.29 is 0 Å². The highest BCUT2D eigenvalue weighted by Gasteiger charge is 2.70. The summed E-state index contributed by atoms with van der Waals surface area (Å²) in [6, 6.07) is 0. The van der Waals surface area contributed by atoms with Gasteiger partial charge in [0.15, 0.2) is 0 Å². The van der Waals surface area contributed by atoms with Crippen LogP contribution in [0, 0.1) is 62.6 Å². The van der Waals surface area contributed by atoms with Crippen molar-refractivity contribution in [2.45, 2.75) is 158 Å². The van der Waals surface area contributed by atoms with Crippen molar-refractivity contribution in [3.63, 3.8) is 0 Å². The van der Waals surface area contributed by atoms with E-state index in [2.05, 4.69) is 68.5 Å². The summed E-state index contributed by atoms with van der Waals surface area (Å²) in [7, 11) is 0. The van der Waals surface area contributed by atoms with Gasteiger partial charge in [0.2, 0.25) is 0 Å². The molecular weight excluding hydrogens is 468 g/mol. The van der Waals surface area contributed by atoms with Gasteiger partial charge in [-0.25, -0.2) is 0 Å². The van der Waals surface area contributed by atoms with Gasteiger partial charge < -0.3 is 0 Å². The van der Waals surface area contributed by atoms with Crippen LogP contribution >= 0.6 is 0 Å². The van der Waals surface area contributed by atoms with E-state index >= 15 is 0 Å². The maximum Gasteiger partial charge on any atom is -0.0226 e. The number of hydrogen-bond acceptors (Lipinski definition) is 0. The van der Waals surface area contributed by atoms with E-state index in [9.17, 15) is 0 Å². The summed E-state index contributed by atoms with van der Waals surface area (Å²) in [5.41, 5.74) is 5.60. The molecule has 5 rings (SSSR count). The summed E-state index contributed by atoms with van der Waals surface area (Å²) in [5, 5.41) is 0. The predicted molar refractivity (Wildman–Crippen MR) is 171 cm³/mol. The molecule has 0 radical (unpaired) electrons. The molecule has 0 N–H and O–H groups in total. The molecule has 0 heterocycles. The number of fused-ring (bicyclic) bond motifs is 7. The number of unbranched alkanes of at least 4 members (excludes halogenated alkanes) is 1. The highest BCUT2D eigenvalue weighted by atomic mass is 14.7. The first-order chi connectivity index (χ1) is 18.3. The van der Waals surface area contributed by atoms with Crippen LogP contribution in [0.15, 0.2) is 24.3 Å². The van der Waals surface area contributed by atoms with E-state index in [0.717, 1.165) is 41.9 Å². The van der Waals surface area contributed by atoms with Crippen molar-refractivity contribution in [3.05, 3.63) is 24.3 Å². The first-order valence-electron chi connectivity index (χ1n) is 17.6. The second-order valence-corrected chi connectivity index (χ2v) is 17.5. The second kappa shape index (κ2) is 10.3. The lowest BCUT2D eigenvalue weighted by Crippen LogP contribution is -2.66. The lowest BCUT2D eigenvalue weighted by molar-refractivity contribution is -0.242. The predicted octanol–water partition coefficient (Wildman–Crippen LogP) is 12.2. The van der Waals surface area contributed by atoms with Gasteiger partial charge in [-0.1, -0.05) is 86.1 Å². The number of hydrogen-bond donors (Lipinski definition) is 0. The van der Waals surface area contributed by atoms with Gasteiger partial charge in [0.05, 0.1) is 0 Å². The van der Waals surface area contributed by atoms with E-state index in [1.807, 2.05) is 0 Å². The molecule has 39 heavy (non-hydrogen) atoms. The van der Waals surface area contributed by atoms with Gasteiger partial charge in [-0.05, 0) is 159 Å². The largest absolute Gasteiger partial charge is 0.0999 e. The van der Waals surface area contributed by atoms with Crippen molar-refractivity contribution in [2.24, 2.45) is 62.6 Å². The summed E-state index contributed by atoms with van der Waals surface area (Å²) in [4.78, 5) is 0. The van der Waals surface area contributed by atoms with E-state index < -0.39 is 0 Å². The summed E-state index contributed by atoms with van der Waals surface area (Å²) in [6.07, 6.45) is 22.4. The van der Waals surface area contributed by atoms with Crippen molar-refractivity contribution >= 4 is 0 Å². The van der Waals surface area contributed by atoms with E-state index in [1.54, 1.807) is 5.57 Å². The van der Waals surface area contributed by atoms with Gasteiger partial charge in [-0.3, -0.25) is 0 Å². The molecule has 0 amide bonds. The zero-order chi connectivity index (χ0) is 28.4. The van der Waals surface area contributed by atoms with Gasteiger partial charge in [0.1, 0.15) is 0 Å². The van der Waals surface area contributed by atoms with Gasteiger partial charge in [-0.2, -0.15) is 0 Å². The number of allylic oxidation sites excluding steroid dienone is 2. The zero-order valence-electron chi connectivity index (χ0n) is 27.7. The molecule has 0 heteroatoms. The minimum atomic E-state index is 0.435. The molecule has 0 nitrogen and oxygen atoms in total. The Kier molecular flexibility index (Phi) is 7.94. The van der Waals surface area contributed by atoms with Crippen LogP contribution in [0.4, 0.5) is 0 Å². The Balaban J connectivity index is 1.43. The molecular formula is C39H66. The topological polar surface area (TPSA) is 0 Å². The fourth-order valence-electron chi connectivity index (χ4n) is 13.4. The van der Waals surface area contributed by atoms with Gasteiger partial charge in [0.25, 0.3) is 0 Å². The van der Waals surface area contributed by atoms with Gasteiger partial charge in [-0.15, -0.1) is 0 Å². The van der Waals surface area contributed by atoms with E-state index in [1.165, 1.54) is 102 Å². The lowest BCUT2D eigenvalue weighted by atomic mass is 9.31. The van der Waals surface area contributed by atoms with Crippen LogP contribution in [0.3, 0.4) is 0 Å². The van der Waals surface area contributed by atoms with E-state index in [0.29, 0.717) is 27.1 Å². The molecule has 5 aliphatic rings. The Bertz CT molecular complexity index is 938. The second-order valence-electron chi connectivity index (χ2n) is 17.5. The fraction of sp³-hybridized carbons (Fsp3) is 0.897. The molecule has 5 saturated carbocycles. The molecule has 0 bridgehead atoms. The molecule has 5 aliphatic carbocycles. The average Bonchev–Trinajstić information content (AvgIpc) is 3.20. The third-order valence-corrected chi connectivity index (χ3v) is 15.7. The van der Waals surface area contributed by atoms with Crippen molar-refractivity contribution in [1.82, 2.24) is 0 Å². The normalized spacial score (nSPS) is 48.4. The summed E-state index contributed by atoms with van der Waals surface area (Å²) in [6.45, 7) is 30.2. The van der Waals surface area contributed by atoms with Gasteiger partial charge >= 0.3 is 0 Å². The monoisotopic (exact) mass is 535 g/mol. The maximum absolute atomic E-state index is 4.66. The highest BCUT2D eigenvalue weighted by molar-refractivity contribution is 5.20. The molecule has 0 aromatic rings.